The molecule has 2 aliphatic rings. The van der Waals surface area contributed by atoms with E-state index < -0.39 is 6.17 Å². The first-order chi connectivity index (χ1) is 25.9. The van der Waals surface area contributed by atoms with Crippen molar-refractivity contribution in [1.82, 2.24) is 5.32 Å². The Balaban J connectivity index is 0.952. The quantitative estimate of drug-likeness (QED) is 0.102. The molecule has 0 bridgehead atoms. The van der Waals surface area contributed by atoms with Crippen molar-refractivity contribution < 1.29 is 42.8 Å². The lowest BCUT2D eigenvalue weighted by Gasteiger charge is -2.28. The van der Waals surface area contributed by atoms with Crippen molar-refractivity contribution in [2.45, 2.75) is 44.4 Å². The third kappa shape index (κ3) is 8.44. The van der Waals surface area contributed by atoms with E-state index in [9.17, 15) is 4.79 Å². The van der Waals surface area contributed by atoms with Crippen LogP contribution in [0.3, 0.4) is 0 Å². The SMILES string of the molecule is COc1cc(C2NC(=O)c3cc(Cl)ccc3N2)ccc1OCCCCCCOc1cccc(C2CC(c3cc(OC)c(OC)c(OC)c3)=NO2)c1OC. The summed E-state index contributed by atoms with van der Waals surface area (Å²) in [7, 11) is 7.96. The average molecular weight is 746 g/mol. The Kier molecular flexibility index (Phi) is 12.2. The Hall–Kier alpha value is -5.49. The lowest BCUT2D eigenvalue weighted by atomic mass is 9.98. The van der Waals surface area contributed by atoms with Crippen molar-refractivity contribution in [3.63, 3.8) is 0 Å². The molecule has 2 aliphatic heterocycles. The van der Waals surface area contributed by atoms with E-state index in [0.717, 1.165) is 53.8 Å². The summed E-state index contributed by atoms with van der Waals surface area (Å²) in [4.78, 5) is 18.6. The van der Waals surface area contributed by atoms with Gasteiger partial charge in [-0.2, -0.15) is 0 Å². The van der Waals surface area contributed by atoms with Crippen molar-refractivity contribution >= 4 is 28.9 Å². The van der Waals surface area contributed by atoms with E-state index in [1.54, 1.807) is 53.7 Å². The normalized spacial score (nSPS) is 16.0. The Morgan fingerprint density at radius 3 is 2.09 bits per heavy atom. The largest absolute Gasteiger partial charge is 0.493 e. The summed E-state index contributed by atoms with van der Waals surface area (Å²) < 4.78 is 40.1. The lowest BCUT2D eigenvalue weighted by molar-refractivity contribution is 0.0832. The van der Waals surface area contributed by atoms with Crippen molar-refractivity contribution in [1.29, 1.82) is 0 Å². The summed E-state index contributed by atoms with van der Waals surface area (Å²) in [5, 5.41) is 11.2. The standard InChI is InChI=1S/C40H44ClN3O9/c1-46-34-19-24(39-42-29-15-14-26(41)22-28(29)40(45)43-39)13-16-31(34)51-17-8-6-7-9-18-52-32-12-10-11-27(37(32)49-4)33-23-30(44-53-33)25-20-35(47-2)38(50-5)36(21-25)48-3/h10-16,19-22,33,39,42H,6-9,17-18,23H2,1-5H3,(H,43,45). The molecular formula is C40H44ClN3O9. The number of ether oxygens (including phenoxy) is 7. The highest BCUT2D eigenvalue weighted by molar-refractivity contribution is 6.31. The number of nitrogens with one attached hydrogen (secondary N) is 2. The van der Waals surface area contributed by atoms with Crippen LogP contribution in [-0.4, -0.2) is 60.4 Å². The predicted molar refractivity (Wildman–Crippen MR) is 202 cm³/mol. The molecule has 2 N–H and O–H groups in total. The molecule has 2 heterocycles. The molecule has 2 atom stereocenters. The van der Waals surface area contributed by atoms with E-state index in [-0.39, 0.29) is 12.0 Å². The molecule has 0 fully saturated rings. The number of benzene rings is 4. The van der Waals surface area contributed by atoms with Crippen LogP contribution >= 0.6 is 11.6 Å². The topological polar surface area (TPSA) is 127 Å². The smallest absolute Gasteiger partial charge is 0.255 e. The number of carbonyl (C=O) groups is 1. The monoisotopic (exact) mass is 745 g/mol. The number of unbranched alkanes of at least 4 members (excludes halogenated alkanes) is 3. The number of methoxy groups -OCH3 is 5. The average Bonchev–Trinajstić information content (AvgIpc) is 3.68. The van der Waals surface area contributed by atoms with E-state index in [1.165, 1.54) is 0 Å². The molecule has 1 amide bonds. The zero-order valence-electron chi connectivity index (χ0n) is 30.5. The maximum atomic E-state index is 12.7. The molecule has 4 aromatic carbocycles. The summed E-state index contributed by atoms with van der Waals surface area (Å²) in [6.07, 6.45) is 3.45. The van der Waals surface area contributed by atoms with Gasteiger partial charge < -0.3 is 48.6 Å². The molecule has 6 rings (SSSR count). The third-order valence-corrected chi connectivity index (χ3v) is 9.34. The van der Waals surface area contributed by atoms with Crippen molar-refractivity contribution in [3.05, 3.63) is 94.0 Å². The van der Waals surface area contributed by atoms with Crippen LogP contribution in [0.25, 0.3) is 0 Å². The van der Waals surface area contributed by atoms with Gasteiger partial charge in [0.15, 0.2) is 40.6 Å². The fraction of sp³-hybridized carbons (Fsp3) is 0.350. The molecular weight excluding hydrogens is 702 g/mol. The second-order valence-electron chi connectivity index (χ2n) is 12.4. The Labute approximate surface area is 314 Å². The van der Waals surface area contributed by atoms with Gasteiger partial charge in [-0.1, -0.05) is 35.0 Å². The van der Waals surface area contributed by atoms with Crippen LogP contribution in [0, 0.1) is 0 Å². The minimum Gasteiger partial charge on any atom is -0.493 e. The van der Waals surface area contributed by atoms with Gasteiger partial charge in [0.25, 0.3) is 5.91 Å². The second-order valence-corrected chi connectivity index (χ2v) is 12.8. The number of amides is 1. The van der Waals surface area contributed by atoms with Crippen molar-refractivity contribution in [2.24, 2.45) is 5.16 Å². The molecule has 0 aliphatic carbocycles. The summed E-state index contributed by atoms with van der Waals surface area (Å²) >= 11 is 6.07. The van der Waals surface area contributed by atoms with Gasteiger partial charge in [-0.15, -0.1) is 0 Å². The van der Waals surface area contributed by atoms with E-state index >= 15 is 0 Å². The summed E-state index contributed by atoms with van der Waals surface area (Å²) in [6.45, 7) is 1.08. The molecule has 13 heteroatoms. The summed E-state index contributed by atoms with van der Waals surface area (Å²) in [5.41, 5.74) is 4.50. The van der Waals surface area contributed by atoms with E-state index in [0.29, 0.717) is 70.5 Å². The minimum absolute atomic E-state index is 0.194. The van der Waals surface area contributed by atoms with Gasteiger partial charge in [-0.3, -0.25) is 4.79 Å². The van der Waals surface area contributed by atoms with Crippen LogP contribution in [0.1, 0.15) is 71.4 Å². The van der Waals surface area contributed by atoms with Gasteiger partial charge in [0.05, 0.1) is 60.0 Å². The number of rotatable bonds is 17. The number of nitrogens with zero attached hydrogens (tertiary/aromatic N) is 1. The first kappa shape index (κ1) is 37.3. The molecule has 0 saturated carbocycles. The number of oxime groups is 1. The first-order valence-electron chi connectivity index (χ1n) is 17.4. The van der Waals surface area contributed by atoms with E-state index in [4.69, 9.17) is 49.6 Å². The number of para-hydroxylation sites is 1. The molecule has 12 nitrogen and oxygen atoms in total. The molecule has 0 aromatic heterocycles. The Morgan fingerprint density at radius 1 is 0.717 bits per heavy atom. The minimum atomic E-state index is -0.415. The zero-order valence-corrected chi connectivity index (χ0v) is 31.2. The zero-order chi connectivity index (χ0) is 37.3. The van der Waals surface area contributed by atoms with Crippen LogP contribution in [0.4, 0.5) is 5.69 Å². The van der Waals surface area contributed by atoms with E-state index in [1.807, 2.05) is 48.5 Å². The second kappa shape index (κ2) is 17.4. The molecule has 0 spiro atoms. The van der Waals surface area contributed by atoms with Crippen LogP contribution in [-0.2, 0) is 4.84 Å². The van der Waals surface area contributed by atoms with Crippen LogP contribution in [0.5, 0.6) is 40.2 Å². The number of hydrogen-bond acceptors (Lipinski definition) is 11. The van der Waals surface area contributed by atoms with Crippen molar-refractivity contribution in [2.75, 3.05) is 54.1 Å². The highest BCUT2D eigenvalue weighted by Crippen LogP contribution is 2.43. The van der Waals surface area contributed by atoms with E-state index in [2.05, 4.69) is 15.8 Å². The number of carbonyl (C=O) groups excluding carboxylic acids is 1. The fourth-order valence-corrected chi connectivity index (χ4v) is 6.56. The molecule has 280 valence electrons. The molecule has 0 saturated heterocycles. The molecule has 4 aromatic rings. The van der Waals surface area contributed by atoms with Gasteiger partial charge in [-0.05, 0) is 79.8 Å². The molecule has 0 radical (unpaired) electrons. The fourth-order valence-electron chi connectivity index (χ4n) is 6.38. The highest BCUT2D eigenvalue weighted by atomic mass is 35.5. The van der Waals surface area contributed by atoms with Gasteiger partial charge >= 0.3 is 0 Å². The first-order valence-corrected chi connectivity index (χ1v) is 17.8. The van der Waals surface area contributed by atoms with Crippen LogP contribution < -0.4 is 43.8 Å². The molecule has 53 heavy (non-hydrogen) atoms. The predicted octanol–water partition coefficient (Wildman–Crippen LogP) is 8.12. The van der Waals surface area contributed by atoms with Crippen LogP contribution in [0.2, 0.25) is 5.02 Å². The van der Waals surface area contributed by atoms with Gasteiger partial charge in [0.1, 0.15) is 6.17 Å². The third-order valence-electron chi connectivity index (χ3n) is 9.10. The Morgan fingerprint density at radius 2 is 1.42 bits per heavy atom. The molecule has 2 unspecified atom stereocenters. The highest BCUT2D eigenvalue weighted by Gasteiger charge is 2.30. The van der Waals surface area contributed by atoms with Crippen LogP contribution in [0.15, 0.2) is 71.9 Å². The number of hydrogen-bond donors (Lipinski definition) is 2. The Bertz CT molecular complexity index is 1930. The maximum absolute atomic E-state index is 12.7. The van der Waals surface area contributed by atoms with Gasteiger partial charge in [-0.25, -0.2) is 0 Å². The summed E-state index contributed by atoms with van der Waals surface area (Å²) in [6, 6.07) is 20.4. The number of anilines is 1. The lowest BCUT2D eigenvalue weighted by Crippen LogP contribution is -2.38. The van der Waals surface area contributed by atoms with Crippen molar-refractivity contribution in [3.8, 4) is 40.2 Å². The maximum Gasteiger partial charge on any atom is 0.255 e. The summed E-state index contributed by atoms with van der Waals surface area (Å²) in [5.74, 6) is 3.94. The van der Waals surface area contributed by atoms with Gasteiger partial charge in [0.2, 0.25) is 5.75 Å². The number of fused-ring (bicyclic) bond motifs is 1. The number of halogens is 1. The van der Waals surface area contributed by atoms with Gasteiger partial charge in [0, 0.05) is 28.3 Å².